The number of allylic oxidation sites excluding steroid dienone is 4. The lowest BCUT2D eigenvalue weighted by atomic mass is 9.96. The minimum atomic E-state index is 0.600. The van der Waals surface area contributed by atoms with E-state index in [0.717, 1.165) is 11.8 Å². The summed E-state index contributed by atoms with van der Waals surface area (Å²) >= 11 is 0. The minimum Gasteiger partial charge on any atom is -0.0814 e. The predicted molar refractivity (Wildman–Crippen MR) is 267 cm³/mol. The van der Waals surface area contributed by atoms with Gasteiger partial charge in [0.15, 0.2) is 0 Å². The highest BCUT2D eigenvalue weighted by Gasteiger charge is 2.03. The molecule has 0 atom stereocenters. The molecule has 0 unspecified atom stereocenters. The maximum atomic E-state index is 2.27. The molecule has 0 nitrogen and oxygen atoms in total. The van der Waals surface area contributed by atoms with E-state index in [1.54, 1.807) is 0 Å². The zero-order chi connectivity index (χ0) is 43.6. The van der Waals surface area contributed by atoms with Crippen LogP contribution in [0.3, 0.4) is 0 Å². The lowest BCUT2D eigenvalue weighted by Gasteiger charge is -2.09. The molecule has 4 rings (SSSR count). The first-order valence-electron chi connectivity index (χ1n) is 22.5. The molecule has 4 aromatic carbocycles. The topological polar surface area (TPSA) is 0 Å². The number of benzene rings is 4. The molecular weight excluding hydrogens is 697 g/mol. The lowest BCUT2D eigenvalue weighted by molar-refractivity contribution is 0.646. The molecule has 0 aliphatic rings. The smallest absolute Gasteiger partial charge is 0.0213 e. The number of hydrogen-bond donors (Lipinski definition) is 0. The van der Waals surface area contributed by atoms with Crippen LogP contribution in [0.2, 0.25) is 0 Å². The molecule has 0 heterocycles. The first-order chi connectivity index (χ1) is 27.4. The van der Waals surface area contributed by atoms with Crippen molar-refractivity contribution < 1.29 is 0 Å². The molecule has 58 heavy (non-hydrogen) atoms. The van der Waals surface area contributed by atoms with Gasteiger partial charge in [0.25, 0.3) is 0 Å². The van der Waals surface area contributed by atoms with E-state index in [-0.39, 0.29) is 0 Å². The Morgan fingerprint density at radius 1 is 0.362 bits per heavy atom. The molecule has 0 radical (unpaired) electrons. The van der Waals surface area contributed by atoms with E-state index in [9.17, 15) is 0 Å². The summed E-state index contributed by atoms with van der Waals surface area (Å²) in [6.45, 7) is 35.6. The molecule has 4 aromatic rings. The Kier molecular flexibility index (Phi) is 26.0. The predicted octanol–water partition coefficient (Wildman–Crippen LogP) is 18.1. The Morgan fingerprint density at radius 2 is 0.759 bits per heavy atom. The van der Waals surface area contributed by atoms with E-state index >= 15 is 0 Å². The van der Waals surface area contributed by atoms with Crippen LogP contribution in [0.15, 0.2) is 121 Å². The second kappa shape index (κ2) is 29.1. The molecule has 0 amide bonds. The van der Waals surface area contributed by atoms with Crippen molar-refractivity contribution in [2.75, 3.05) is 0 Å². The van der Waals surface area contributed by atoms with Gasteiger partial charge in [0.1, 0.15) is 0 Å². The van der Waals surface area contributed by atoms with E-state index < -0.39 is 0 Å². The third-order valence-electron chi connectivity index (χ3n) is 9.20. The molecule has 0 heteroatoms. The van der Waals surface area contributed by atoms with Crippen LogP contribution in [0.1, 0.15) is 167 Å². The summed E-state index contributed by atoms with van der Waals surface area (Å²) in [7, 11) is 0. The zero-order valence-electron chi connectivity index (χ0n) is 39.9. The Labute approximate surface area is 359 Å². The van der Waals surface area contributed by atoms with Crippen LogP contribution in [-0.4, -0.2) is 0 Å². The second-order valence-corrected chi connectivity index (χ2v) is 18.7. The second-order valence-electron chi connectivity index (χ2n) is 18.7. The van der Waals surface area contributed by atoms with Gasteiger partial charge in [0, 0.05) is 0 Å². The van der Waals surface area contributed by atoms with Gasteiger partial charge < -0.3 is 0 Å². The summed E-state index contributed by atoms with van der Waals surface area (Å²) in [6.07, 6.45) is 20.2. The van der Waals surface area contributed by atoms with Gasteiger partial charge >= 0.3 is 0 Å². The fourth-order valence-electron chi connectivity index (χ4n) is 5.94. The monoisotopic (exact) mass is 781 g/mol. The van der Waals surface area contributed by atoms with Crippen molar-refractivity contribution in [2.45, 2.75) is 135 Å². The normalized spacial score (nSPS) is 11.9. The summed E-state index contributed by atoms with van der Waals surface area (Å²) in [5.41, 5.74) is 11.1. The van der Waals surface area contributed by atoms with E-state index in [1.165, 1.54) is 57.3 Å². The standard InChI is InChI=1S/2C15H22.2C14H20/c1-12(2)5-6-14-7-9-15(10-8-14)11-13(3)4;1-12(2)9-10-14-7-5-6-8-15(14)11-13(3)4;1-11(2)5-6-13-7-9-14(10-8-13)12(3)4;1-11(2)9-10-13-7-5-6-8-14(13)12(3)4/h2*5-10,12-13H,11H2,1-4H3;2*5-12H,1-4H3/b6-5+;10-9+;6-5+;10-9+. The molecule has 0 saturated heterocycles. The quantitative estimate of drug-likeness (QED) is 0.120. The van der Waals surface area contributed by atoms with Crippen molar-refractivity contribution in [3.05, 3.63) is 166 Å². The molecule has 0 bridgehead atoms. The molecule has 0 aliphatic carbocycles. The highest BCUT2D eigenvalue weighted by atomic mass is 14.1. The van der Waals surface area contributed by atoms with Gasteiger partial charge in [-0.25, -0.2) is 0 Å². The van der Waals surface area contributed by atoms with Crippen molar-refractivity contribution in [2.24, 2.45) is 35.5 Å². The van der Waals surface area contributed by atoms with Crippen LogP contribution in [0.25, 0.3) is 24.3 Å². The number of hydrogen-bond acceptors (Lipinski definition) is 0. The van der Waals surface area contributed by atoms with Gasteiger partial charge in [-0.1, -0.05) is 256 Å². The van der Waals surface area contributed by atoms with Crippen LogP contribution in [-0.2, 0) is 12.8 Å². The van der Waals surface area contributed by atoms with Crippen LogP contribution >= 0.6 is 0 Å². The maximum absolute atomic E-state index is 2.27. The molecule has 0 aromatic heterocycles. The van der Waals surface area contributed by atoms with Gasteiger partial charge in [0.2, 0.25) is 0 Å². The largest absolute Gasteiger partial charge is 0.0814 e. The average Bonchev–Trinajstić information content (AvgIpc) is 3.16. The fraction of sp³-hybridized carbons (Fsp3) is 0.448. The third-order valence-corrected chi connectivity index (χ3v) is 9.20. The maximum Gasteiger partial charge on any atom is -0.0213 e. The fourth-order valence-corrected chi connectivity index (χ4v) is 5.94. The Bertz CT molecular complexity index is 1750. The SMILES string of the molecule is CC(C)/C=C/c1ccc(C(C)C)cc1.CC(C)/C=C/c1ccc(CC(C)C)cc1.CC(C)/C=C/c1ccccc1C(C)C.CC(C)/C=C/c1ccccc1CC(C)C. The van der Waals surface area contributed by atoms with E-state index in [4.69, 9.17) is 0 Å². The van der Waals surface area contributed by atoms with E-state index in [0.29, 0.717) is 35.5 Å². The van der Waals surface area contributed by atoms with Crippen molar-refractivity contribution in [1.29, 1.82) is 0 Å². The molecule has 0 fully saturated rings. The Morgan fingerprint density at radius 3 is 1.19 bits per heavy atom. The molecule has 0 saturated carbocycles. The van der Waals surface area contributed by atoms with Crippen LogP contribution in [0, 0.1) is 35.5 Å². The molecular formula is C58H84. The van der Waals surface area contributed by atoms with Crippen molar-refractivity contribution in [3.8, 4) is 0 Å². The van der Waals surface area contributed by atoms with Gasteiger partial charge in [-0.3, -0.25) is 0 Å². The van der Waals surface area contributed by atoms with Gasteiger partial charge in [-0.2, -0.15) is 0 Å². The van der Waals surface area contributed by atoms with Crippen LogP contribution < -0.4 is 0 Å². The summed E-state index contributed by atoms with van der Waals surface area (Å²) in [4.78, 5) is 0. The van der Waals surface area contributed by atoms with Crippen molar-refractivity contribution in [1.82, 2.24) is 0 Å². The van der Waals surface area contributed by atoms with Crippen molar-refractivity contribution >= 4 is 24.3 Å². The van der Waals surface area contributed by atoms with Gasteiger partial charge in [-0.15, -0.1) is 0 Å². The third kappa shape index (κ3) is 24.6. The van der Waals surface area contributed by atoms with Crippen LogP contribution in [0.5, 0.6) is 0 Å². The van der Waals surface area contributed by atoms with E-state index in [1.807, 2.05) is 0 Å². The molecule has 0 N–H and O–H groups in total. The lowest BCUT2D eigenvalue weighted by Crippen LogP contribution is -1.96. The molecule has 0 aliphatic heterocycles. The molecule has 316 valence electrons. The summed E-state index contributed by atoms with van der Waals surface area (Å²) in [6, 6.07) is 35.0. The van der Waals surface area contributed by atoms with Gasteiger partial charge in [-0.05, 0) is 105 Å². The molecule has 0 spiro atoms. The minimum absolute atomic E-state index is 0.600. The van der Waals surface area contributed by atoms with E-state index in [2.05, 4.69) is 256 Å². The Hall–Kier alpha value is -4.16. The first kappa shape index (κ1) is 51.9. The highest BCUT2D eigenvalue weighted by molar-refractivity contribution is 5.55. The van der Waals surface area contributed by atoms with Crippen molar-refractivity contribution in [3.63, 3.8) is 0 Å². The van der Waals surface area contributed by atoms with Crippen LogP contribution in [0.4, 0.5) is 0 Å². The number of rotatable bonds is 14. The first-order valence-corrected chi connectivity index (χ1v) is 22.5. The van der Waals surface area contributed by atoms with Gasteiger partial charge in [0.05, 0.1) is 0 Å². The summed E-state index contributed by atoms with van der Waals surface area (Å²) < 4.78 is 0. The highest BCUT2D eigenvalue weighted by Crippen LogP contribution is 2.21. The average molecular weight is 781 g/mol. The Balaban J connectivity index is 0.000000387. The summed E-state index contributed by atoms with van der Waals surface area (Å²) in [5, 5.41) is 0. The summed E-state index contributed by atoms with van der Waals surface area (Å²) in [5.74, 6) is 5.18. The zero-order valence-corrected chi connectivity index (χ0v) is 39.9.